The van der Waals surface area contributed by atoms with Crippen LogP contribution in [0.1, 0.15) is 16.7 Å². The van der Waals surface area contributed by atoms with Gasteiger partial charge in [0.1, 0.15) is 5.75 Å². The first-order chi connectivity index (χ1) is 12.3. The Bertz CT molecular complexity index is 879. The SMILES string of the molecule is Cc1cccc(OCC(=O)NCCNS(=O)(=O)c2cc(C)ccc2C)c1. The Labute approximate surface area is 154 Å². The molecule has 2 N–H and O–H groups in total. The van der Waals surface area contributed by atoms with Crippen molar-refractivity contribution in [3.63, 3.8) is 0 Å². The van der Waals surface area contributed by atoms with Gasteiger partial charge in [-0.2, -0.15) is 0 Å². The fraction of sp³-hybridized carbons (Fsp3) is 0.316. The molecule has 7 heteroatoms. The normalized spacial score (nSPS) is 11.2. The molecule has 0 radical (unpaired) electrons. The monoisotopic (exact) mass is 376 g/mol. The molecule has 0 aliphatic rings. The average Bonchev–Trinajstić information content (AvgIpc) is 2.59. The lowest BCUT2D eigenvalue weighted by molar-refractivity contribution is -0.123. The molecular formula is C19H24N2O4S. The van der Waals surface area contributed by atoms with Gasteiger partial charge in [0.15, 0.2) is 6.61 Å². The molecule has 2 aromatic carbocycles. The molecule has 0 bridgehead atoms. The van der Waals surface area contributed by atoms with Crippen LogP contribution < -0.4 is 14.8 Å². The molecule has 2 rings (SSSR count). The van der Waals surface area contributed by atoms with Crippen LogP contribution in [0.25, 0.3) is 0 Å². The predicted octanol–water partition coefficient (Wildman–Crippen LogP) is 2.09. The molecule has 0 fully saturated rings. The highest BCUT2D eigenvalue weighted by molar-refractivity contribution is 7.89. The van der Waals surface area contributed by atoms with Crippen LogP contribution in [0.15, 0.2) is 47.4 Å². The van der Waals surface area contributed by atoms with Crippen molar-refractivity contribution in [2.75, 3.05) is 19.7 Å². The summed E-state index contributed by atoms with van der Waals surface area (Å²) in [6, 6.07) is 12.7. The van der Waals surface area contributed by atoms with Gasteiger partial charge in [-0.05, 0) is 55.7 Å². The number of rotatable bonds is 8. The van der Waals surface area contributed by atoms with Crippen LogP contribution in [0, 0.1) is 20.8 Å². The van der Waals surface area contributed by atoms with E-state index >= 15 is 0 Å². The first-order valence-electron chi connectivity index (χ1n) is 8.31. The standard InChI is InChI=1S/C19H24N2O4S/c1-14-5-4-6-17(11-14)25-13-19(22)20-9-10-21-26(23,24)18-12-15(2)7-8-16(18)3/h4-8,11-12,21H,9-10,13H2,1-3H3,(H,20,22). The maximum atomic E-state index is 12.3. The fourth-order valence-electron chi connectivity index (χ4n) is 2.37. The zero-order valence-electron chi connectivity index (χ0n) is 15.2. The summed E-state index contributed by atoms with van der Waals surface area (Å²) in [5, 5.41) is 2.63. The Hall–Kier alpha value is -2.38. The number of carbonyl (C=O) groups is 1. The maximum absolute atomic E-state index is 12.3. The second-order valence-corrected chi connectivity index (χ2v) is 7.86. The molecule has 2 aromatic rings. The zero-order chi connectivity index (χ0) is 19.2. The van der Waals surface area contributed by atoms with E-state index in [1.54, 1.807) is 25.1 Å². The van der Waals surface area contributed by atoms with Crippen LogP contribution in [0.3, 0.4) is 0 Å². The predicted molar refractivity (Wildman–Crippen MR) is 101 cm³/mol. The van der Waals surface area contributed by atoms with E-state index in [9.17, 15) is 13.2 Å². The lowest BCUT2D eigenvalue weighted by atomic mass is 10.2. The zero-order valence-corrected chi connectivity index (χ0v) is 16.0. The third-order valence-electron chi connectivity index (χ3n) is 3.73. The molecule has 140 valence electrons. The smallest absolute Gasteiger partial charge is 0.257 e. The van der Waals surface area contributed by atoms with Gasteiger partial charge in [0.25, 0.3) is 5.91 Å². The molecular weight excluding hydrogens is 352 g/mol. The molecule has 0 saturated carbocycles. The van der Waals surface area contributed by atoms with Gasteiger partial charge in [0.2, 0.25) is 10.0 Å². The number of nitrogens with one attached hydrogen (secondary N) is 2. The van der Waals surface area contributed by atoms with Crippen LogP contribution in [-0.2, 0) is 14.8 Å². The quantitative estimate of drug-likeness (QED) is 0.691. The first-order valence-corrected chi connectivity index (χ1v) is 9.79. The number of hydrogen-bond acceptors (Lipinski definition) is 4. The van der Waals surface area contributed by atoms with E-state index in [4.69, 9.17) is 4.74 Å². The van der Waals surface area contributed by atoms with Gasteiger partial charge in [-0.1, -0.05) is 24.3 Å². The molecule has 0 heterocycles. The molecule has 0 saturated heterocycles. The average molecular weight is 376 g/mol. The van der Waals surface area contributed by atoms with Crippen molar-refractivity contribution in [1.82, 2.24) is 10.0 Å². The van der Waals surface area contributed by atoms with Gasteiger partial charge in [-0.15, -0.1) is 0 Å². The maximum Gasteiger partial charge on any atom is 0.257 e. The van der Waals surface area contributed by atoms with Crippen LogP contribution in [-0.4, -0.2) is 34.0 Å². The van der Waals surface area contributed by atoms with E-state index in [1.807, 2.05) is 38.1 Å². The molecule has 26 heavy (non-hydrogen) atoms. The van der Waals surface area contributed by atoms with E-state index in [0.717, 1.165) is 11.1 Å². The number of sulfonamides is 1. The number of ether oxygens (including phenoxy) is 1. The van der Waals surface area contributed by atoms with Gasteiger partial charge < -0.3 is 10.1 Å². The number of hydrogen-bond donors (Lipinski definition) is 2. The number of benzene rings is 2. The minimum absolute atomic E-state index is 0.103. The fourth-order valence-corrected chi connectivity index (χ4v) is 3.73. The highest BCUT2D eigenvalue weighted by atomic mass is 32.2. The molecule has 0 spiro atoms. The van der Waals surface area contributed by atoms with Gasteiger partial charge in [0.05, 0.1) is 4.90 Å². The summed E-state index contributed by atoms with van der Waals surface area (Å²) in [5.74, 6) is 0.313. The van der Waals surface area contributed by atoms with Gasteiger partial charge in [-0.25, -0.2) is 13.1 Å². The van der Waals surface area contributed by atoms with Crippen molar-refractivity contribution in [3.8, 4) is 5.75 Å². The van der Waals surface area contributed by atoms with Crippen LogP contribution in [0.5, 0.6) is 5.75 Å². The van der Waals surface area contributed by atoms with Crippen molar-refractivity contribution in [1.29, 1.82) is 0 Å². The van der Waals surface area contributed by atoms with E-state index in [0.29, 0.717) is 11.3 Å². The summed E-state index contributed by atoms with van der Waals surface area (Å²) >= 11 is 0. The Morgan fingerprint density at radius 2 is 1.73 bits per heavy atom. The molecule has 0 aliphatic heterocycles. The topological polar surface area (TPSA) is 84.5 Å². The molecule has 0 unspecified atom stereocenters. The van der Waals surface area contributed by atoms with Crippen molar-refractivity contribution >= 4 is 15.9 Å². The molecule has 1 amide bonds. The van der Waals surface area contributed by atoms with Crippen molar-refractivity contribution in [2.24, 2.45) is 0 Å². The summed E-state index contributed by atoms with van der Waals surface area (Å²) < 4.78 is 32.6. The van der Waals surface area contributed by atoms with E-state index in [2.05, 4.69) is 10.0 Å². The summed E-state index contributed by atoms with van der Waals surface area (Å²) in [6.07, 6.45) is 0. The Balaban J connectivity index is 1.77. The minimum Gasteiger partial charge on any atom is -0.484 e. The van der Waals surface area contributed by atoms with Gasteiger partial charge in [0, 0.05) is 13.1 Å². The van der Waals surface area contributed by atoms with Crippen LogP contribution in [0.4, 0.5) is 0 Å². The third-order valence-corrected chi connectivity index (χ3v) is 5.33. The number of aryl methyl sites for hydroxylation is 3. The Morgan fingerprint density at radius 1 is 1.00 bits per heavy atom. The van der Waals surface area contributed by atoms with E-state index < -0.39 is 10.0 Å². The summed E-state index contributed by atoms with van der Waals surface area (Å²) in [5.41, 5.74) is 2.60. The van der Waals surface area contributed by atoms with Crippen LogP contribution >= 0.6 is 0 Å². The Morgan fingerprint density at radius 3 is 2.46 bits per heavy atom. The van der Waals surface area contributed by atoms with Crippen LogP contribution in [0.2, 0.25) is 0 Å². The molecule has 0 aliphatic carbocycles. The largest absolute Gasteiger partial charge is 0.484 e. The minimum atomic E-state index is -3.60. The van der Waals surface area contributed by atoms with Gasteiger partial charge in [-0.3, -0.25) is 4.79 Å². The van der Waals surface area contributed by atoms with E-state index in [1.165, 1.54) is 0 Å². The Kier molecular flexibility index (Phi) is 6.76. The highest BCUT2D eigenvalue weighted by Gasteiger charge is 2.16. The van der Waals surface area contributed by atoms with Crippen molar-refractivity contribution < 1.29 is 17.9 Å². The van der Waals surface area contributed by atoms with E-state index in [-0.39, 0.29) is 30.5 Å². The highest BCUT2D eigenvalue weighted by Crippen LogP contribution is 2.16. The molecule has 0 aromatic heterocycles. The lowest BCUT2D eigenvalue weighted by Crippen LogP contribution is -2.37. The third kappa shape index (κ3) is 5.86. The van der Waals surface area contributed by atoms with Crippen molar-refractivity contribution in [2.45, 2.75) is 25.7 Å². The number of carbonyl (C=O) groups excluding carboxylic acids is 1. The summed E-state index contributed by atoms with van der Waals surface area (Å²) in [7, 11) is -3.60. The first kappa shape index (κ1) is 19.9. The lowest BCUT2D eigenvalue weighted by Gasteiger charge is -2.11. The number of amides is 1. The van der Waals surface area contributed by atoms with Gasteiger partial charge >= 0.3 is 0 Å². The molecule has 6 nitrogen and oxygen atoms in total. The second-order valence-electron chi connectivity index (χ2n) is 6.12. The van der Waals surface area contributed by atoms with Crippen molar-refractivity contribution in [3.05, 3.63) is 59.2 Å². The molecule has 0 atom stereocenters. The summed E-state index contributed by atoms with van der Waals surface area (Å²) in [4.78, 5) is 12.0. The second kappa shape index (κ2) is 8.82. The summed E-state index contributed by atoms with van der Waals surface area (Å²) in [6.45, 7) is 5.69.